The zero-order chi connectivity index (χ0) is 67.5. The maximum Gasteiger partial charge on any atom is 0.472 e. The molecule has 540 valence electrons. The summed E-state index contributed by atoms with van der Waals surface area (Å²) in [6.07, 6.45) is 44.7. The summed E-state index contributed by atoms with van der Waals surface area (Å²) in [4.78, 5) is 72.6. The number of esters is 4. The topological polar surface area (TPSA) is 237 Å². The van der Waals surface area contributed by atoms with E-state index >= 15 is 0 Å². The fourth-order valence-corrected chi connectivity index (χ4v) is 12.4. The summed E-state index contributed by atoms with van der Waals surface area (Å²) in [5.74, 6) is 0.826. The van der Waals surface area contributed by atoms with E-state index in [1.807, 2.05) is 0 Å². The average Bonchev–Trinajstić information content (AvgIpc) is 2.02. The number of ether oxygens (including phenoxy) is 4. The SMILES string of the molecule is CC(C)CCCCCCCCCCCCCCCCCC(=O)OC[C@H](COP(=O)(O)OC[C@@H](O)COP(=O)(O)OC[C@@H](COC(=O)CCCCCCCCC(C)C)OC(=O)CCCCCCCCCCCCC(C)C)OC(=O)CCCCCCCCCCC(C)C. The van der Waals surface area contributed by atoms with Crippen molar-refractivity contribution in [2.75, 3.05) is 39.6 Å². The first kappa shape index (κ1) is 89.1. The third kappa shape index (κ3) is 66.5. The molecule has 0 saturated carbocycles. The highest BCUT2D eigenvalue weighted by atomic mass is 31.2. The Kier molecular flexibility index (Phi) is 60.3. The van der Waals surface area contributed by atoms with Crippen LogP contribution in [0.25, 0.3) is 0 Å². The molecule has 0 spiro atoms. The molecule has 91 heavy (non-hydrogen) atoms. The molecule has 2 unspecified atom stereocenters. The Morgan fingerprint density at radius 2 is 0.462 bits per heavy atom. The summed E-state index contributed by atoms with van der Waals surface area (Å²) in [5, 5.41) is 10.6. The lowest BCUT2D eigenvalue weighted by Gasteiger charge is -2.21. The number of phosphoric ester groups is 2. The molecule has 0 aliphatic carbocycles. The fourth-order valence-electron chi connectivity index (χ4n) is 10.8. The lowest BCUT2D eigenvalue weighted by molar-refractivity contribution is -0.161. The second-order valence-electron chi connectivity index (χ2n) is 27.9. The van der Waals surface area contributed by atoms with Crippen LogP contribution in [-0.2, 0) is 65.4 Å². The summed E-state index contributed by atoms with van der Waals surface area (Å²) < 4.78 is 68.3. The largest absolute Gasteiger partial charge is 0.472 e. The minimum atomic E-state index is -4.95. The van der Waals surface area contributed by atoms with E-state index in [-0.39, 0.29) is 25.7 Å². The van der Waals surface area contributed by atoms with Gasteiger partial charge in [0.05, 0.1) is 26.4 Å². The van der Waals surface area contributed by atoms with E-state index in [4.69, 9.17) is 37.0 Å². The summed E-state index contributed by atoms with van der Waals surface area (Å²) >= 11 is 0. The molecule has 3 N–H and O–H groups in total. The zero-order valence-electron chi connectivity index (χ0n) is 59.5. The standard InChI is InChI=1S/C72H140O17P2/c1-62(2)48-40-32-24-18-14-12-10-9-11-13-15-20-27-36-44-52-69(74)82-58-67(89-72(77)55-47-39-29-23-22-26-34-42-50-64(5)6)60-86-90(78,79)84-56-66(73)57-85-91(80,81)87-61-68(59-83-70(75)53-45-37-31-30-35-43-51-65(7)8)88-71(76)54-46-38-28-21-17-16-19-25-33-41-49-63(3)4/h62-68,73H,9-61H2,1-8H3,(H,78,79)(H,80,81)/t66-,67-,68-/m1/s1. The van der Waals surface area contributed by atoms with Gasteiger partial charge in [0.1, 0.15) is 19.3 Å². The maximum atomic E-state index is 13.0. The van der Waals surface area contributed by atoms with E-state index in [9.17, 15) is 43.2 Å². The fraction of sp³-hybridized carbons (Fsp3) is 0.944. The van der Waals surface area contributed by atoms with Gasteiger partial charge in [-0.2, -0.15) is 0 Å². The third-order valence-corrected chi connectivity index (χ3v) is 18.5. The molecule has 0 fully saturated rings. The molecule has 0 aromatic rings. The first-order valence-corrected chi connectivity index (χ1v) is 40.2. The van der Waals surface area contributed by atoms with Gasteiger partial charge in [-0.3, -0.25) is 37.3 Å². The van der Waals surface area contributed by atoms with Crippen LogP contribution in [0.1, 0.15) is 357 Å². The van der Waals surface area contributed by atoms with Crippen molar-refractivity contribution in [3.05, 3.63) is 0 Å². The molecular formula is C72H140O17P2. The predicted octanol–water partition coefficient (Wildman–Crippen LogP) is 20.5. The van der Waals surface area contributed by atoms with E-state index in [0.717, 1.165) is 114 Å². The van der Waals surface area contributed by atoms with Crippen LogP contribution in [0.15, 0.2) is 0 Å². The predicted molar refractivity (Wildman–Crippen MR) is 367 cm³/mol. The van der Waals surface area contributed by atoms with Crippen molar-refractivity contribution >= 4 is 39.5 Å². The molecule has 17 nitrogen and oxygen atoms in total. The second-order valence-corrected chi connectivity index (χ2v) is 30.8. The molecule has 19 heteroatoms. The van der Waals surface area contributed by atoms with Crippen LogP contribution in [0.4, 0.5) is 0 Å². The van der Waals surface area contributed by atoms with Gasteiger partial charge in [0.15, 0.2) is 12.2 Å². The third-order valence-electron chi connectivity index (χ3n) is 16.6. The quantitative estimate of drug-likeness (QED) is 0.0222. The van der Waals surface area contributed by atoms with Crippen LogP contribution in [0, 0.1) is 23.7 Å². The number of unbranched alkanes of at least 4 members (excludes halogenated alkanes) is 35. The number of carbonyl (C=O) groups excluding carboxylic acids is 4. The van der Waals surface area contributed by atoms with Crippen LogP contribution in [0.3, 0.4) is 0 Å². The van der Waals surface area contributed by atoms with Gasteiger partial charge in [0, 0.05) is 25.7 Å². The number of aliphatic hydroxyl groups is 1. The van der Waals surface area contributed by atoms with E-state index in [2.05, 4.69) is 55.4 Å². The van der Waals surface area contributed by atoms with Crippen molar-refractivity contribution in [3.63, 3.8) is 0 Å². The Labute approximate surface area is 556 Å². The van der Waals surface area contributed by atoms with Gasteiger partial charge in [-0.25, -0.2) is 9.13 Å². The molecule has 0 aliphatic heterocycles. The molecule has 0 aliphatic rings. The van der Waals surface area contributed by atoms with Gasteiger partial charge in [-0.15, -0.1) is 0 Å². The van der Waals surface area contributed by atoms with Gasteiger partial charge >= 0.3 is 39.5 Å². The lowest BCUT2D eigenvalue weighted by atomic mass is 10.0. The van der Waals surface area contributed by atoms with Crippen molar-refractivity contribution in [2.24, 2.45) is 23.7 Å². The molecule has 0 radical (unpaired) electrons. The van der Waals surface area contributed by atoms with E-state index in [0.29, 0.717) is 31.6 Å². The number of carbonyl (C=O) groups is 4. The minimum Gasteiger partial charge on any atom is -0.462 e. The van der Waals surface area contributed by atoms with E-state index < -0.39 is 97.5 Å². The molecule has 0 bridgehead atoms. The first-order valence-electron chi connectivity index (χ1n) is 37.2. The summed E-state index contributed by atoms with van der Waals surface area (Å²) in [7, 11) is -9.90. The number of rotatable bonds is 69. The lowest BCUT2D eigenvalue weighted by Crippen LogP contribution is -2.30. The van der Waals surface area contributed by atoms with Crippen LogP contribution < -0.4 is 0 Å². The Morgan fingerprint density at radius 3 is 0.681 bits per heavy atom. The number of hydrogen-bond acceptors (Lipinski definition) is 15. The van der Waals surface area contributed by atoms with Crippen molar-refractivity contribution in [3.8, 4) is 0 Å². The van der Waals surface area contributed by atoms with E-state index in [1.54, 1.807) is 0 Å². The number of hydrogen-bond donors (Lipinski definition) is 3. The molecule has 0 rings (SSSR count). The normalized spacial score (nSPS) is 14.2. The second kappa shape index (κ2) is 61.6. The maximum absolute atomic E-state index is 13.0. The first-order chi connectivity index (χ1) is 43.6. The smallest absolute Gasteiger partial charge is 0.462 e. The van der Waals surface area contributed by atoms with Crippen molar-refractivity contribution < 1.29 is 80.2 Å². The van der Waals surface area contributed by atoms with Gasteiger partial charge < -0.3 is 33.8 Å². The average molecular weight is 1340 g/mol. The van der Waals surface area contributed by atoms with Crippen molar-refractivity contribution in [2.45, 2.75) is 375 Å². The summed E-state index contributed by atoms with van der Waals surface area (Å²) in [5.41, 5.74) is 0. The molecule has 0 aromatic carbocycles. The Hall–Kier alpha value is -1.94. The highest BCUT2D eigenvalue weighted by molar-refractivity contribution is 7.47. The van der Waals surface area contributed by atoms with Gasteiger partial charge in [-0.05, 0) is 49.4 Å². The summed E-state index contributed by atoms with van der Waals surface area (Å²) in [6.45, 7) is 14.1. The van der Waals surface area contributed by atoms with Crippen LogP contribution in [-0.4, -0.2) is 96.7 Å². The van der Waals surface area contributed by atoms with E-state index in [1.165, 1.54) is 154 Å². The molecule has 5 atom stereocenters. The Morgan fingerprint density at radius 1 is 0.275 bits per heavy atom. The highest BCUT2D eigenvalue weighted by Gasteiger charge is 2.30. The highest BCUT2D eigenvalue weighted by Crippen LogP contribution is 2.45. The van der Waals surface area contributed by atoms with Gasteiger partial charge in [0.2, 0.25) is 0 Å². The molecule has 0 saturated heterocycles. The van der Waals surface area contributed by atoms with Crippen LogP contribution >= 0.6 is 15.6 Å². The zero-order valence-corrected chi connectivity index (χ0v) is 61.3. The van der Waals surface area contributed by atoms with Crippen molar-refractivity contribution in [1.29, 1.82) is 0 Å². The minimum absolute atomic E-state index is 0.104. The monoisotopic (exact) mass is 1340 g/mol. The van der Waals surface area contributed by atoms with Crippen LogP contribution in [0.5, 0.6) is 0 Å². The molecule has 0 amide bonds. The van der Waals surface area contributed by atoms with Crippen LogP contribution in [0.2, 0.25) is 0 Å². The Bertz CT molecular complexity index is 1800. The summed E-state index contributed by atoms with van der Waals surface area (Å²) in [6, 6.07) is 0. The molecular weight excluding hydrogens is 1200 g/mol. The Balaban J connectivity index is 5.20. The molecule has 0 aromatic heterocycles. The number of phosphoric acid groups is 2. The van der Waals surface area contributed by atoms with Gasteiger partial charge in [-0.1, -0.05) is 306 Å². The van der Waals surface area contributed by atoms with Crippen molar-refractivity contribution in [1.82, 2.24) is 0 Å². The van der Waals surface area contributed by atoms with Gasteiger partial charge in [0.25, 0.3) is 0 Å². The number of aliphatic hydroxyl groups excluding tert-OH is 1. The molecule has 0 heterocycles.